The van der Waals surface area contributed by atoms with Gasteiger partial charge in [-0.3, -0.25) is 10.2 Å². The van der Waals surface area contributed by atoms with Gasteiger partial charge in [0.25, 0.3) is 5.91 Å². The molecule has 38 heavy (non-hydrogen) atoms. The van der Waals surface area contributed by atoms with Crippen molar-refractivity contribution in [1.29, 1.82) is 5.41 Å². The van der Waals surface area contributed by atoms with E-state index in [1.807, 2.05) is 24.3 Å². The lowest BCUT2D eigenvalue weighted by molar-refractivity contribution is 0.102. The lowest BCUT2D eigenvalue weighted by Gasteiger charge is -2.19. The number of aliphatic hydroxyl groups is 1. The Labute approximate surface area is 224 Å². The highest BCUT2D eigenvalue weighted by Crippen LogP contribution is 2.35. The monoisotopic (exact) mass is 547 g/mol. The molecule has 1 aromatic heterocycles. The van der Waals surface area contributed by atoms with Crippen LogP contribution in [0.1, 0.15) is 29.2 Å². The van der Waals surface area contributed by atoms with Crippen LogP contribution < -0.4 is 14.9 Å². The molecule has 194 valence electrons. The van der Waals surface area contributed by atoms with Crippen LogP contribution in [0.5, 0.6) is 0 Å². The van der Waals surface area contributed by atoms with E-state index in [1.165, 1.54) is 35.6 Å². The lowest BCUT2D eigenvalue weighted by Crippen LogP contribution is -2.30. The van der Waals surface area contributed by atoms with Gasteiger partial charge in [-0.2, -0.15) is 0 Å². The minimum absolute atomic E-state index is 0.0471. The number of amidine groups is 1. The lowest BCUT2D eigenvalue weighted by atomic mass is 10.1. The second-order valence-electron chi connectivity index (χ2n) is 9.05. The normalized spacial score (nSPS) is 14.1. The number of carbonyl (C=O) groups is 1. The molecule has 4 N–H and O–H groups in total. The summed E-state index contributed by atoms with van der Waals surface area (Å²) in [5.74, 6) is -0.242. The Kier molecular flexibility index (Phi) is 6.74. The van der Waals surface area contributed by atoms with Crippen molar-refractivity contribution < 1.29 is 18.3 Å². The molecule has 0 aliphatic carbocycles. The van der Waals surface area contributed by atoms with E-state index in [0.29, 0.717) is 27.5 Å². The second kappa shape index (κ2) is 10.0. The fourth-order valence-corrected chi connectivity index (χ4v) is 6.40. The number of aliphatic hydroxyl groups excluding tert-OH is 1. The van der Waals surface area contributed by atoms with Crippen molar-refractivity contribution in [1.82, 2.24) is 9.71 Å². The van der Waals surface area contributed by atoms with Crippen LogP contribution in [0.15, 0.2) is 83.5 Å². The first kappa shape index (κ1) is 25.6. The van der Waals surface area contributed by atoms with Gasteiger partial charge in [0, 0.05) is 23.0 Å². The topological polar surface area (TPSA) is 135 Å². The molecule has 5 rings (SSSR count). The van der Waals surface area contributed by atoms with Crippen molar-refractivity contribution in [3.63, 3.8) is 0 Å². The van der Waals surface area contributed by atoms with Crippen LogP contribution in [0.4, 0.5) is 11.4 Å². The molecule has 0 bridgehead atoms. The zero-order valence-corrected chi connectivity index (χ0v) is 22.2. The zero-order chi connectivity index (χ0) is 27.0. The predicted molar refractivity (Wildman–Crippen MR) is 151 cm³/mol. The molecule has 9 nitrogen and oxygen atoms in total. The van der Waals surface area contributed by atoms with Crippen LogP contribution in [-0.4, -0.2) is 42.8 Å². The number of hydrogen-bond donors (Lipinski definition) is 4. The van der Waals surface area contributed by atoms with Crippen molar-refractivity contribution in [3.8, 4) is 0 Å². The highest BCUT2D eigenvalue weighted by Gasteiger charge is 2.31. The minimum Gasteiger partial charge on any atom is -0.510 e. The van der Waals surface area contributed by atoms with Crippen molar-refractivity contribution in [2.24, 2.45) is 0 Å². The Morgan fingerprint density at radius 2 is 1.82 bits per heavy atom. The van der Waals surface area contributed by atoms with Gasteiger partial charge < -0.3 is 15.3 Å². The number of para-hydroxylation sites is 1. The smallest absolute Gasteiger partial charge is 0.255 e. The maximum Gasteiger partial charge on any atom is 0.255 e. The van der Waals surface area contributed by atoms with E-state index in [0.717, 1.165) is 10.2 Å². The zero-order valence-electron chi connectivity index (χ0n) is 20.6. The van der Waals surface area contributed by atoms with E-state index in [1.54, 1.807) is 43.0 Å². The number of amides is 1. The number of fused-ring (bicyclic) bond motifs is 1. The Balaban J connectivity index is 1.32. The van der Waals surface area contributed by atoms with Crippen LogP contribution in [0.25, 0.3) is 15.8 Å². The van der Waals surface area contributed by atoms with Gasteiger partial charge in [0.15, 0.2) is 0 Å². The molecular weight excluding hydrogens is 522 g/mol. The minimum atomic E-state index is -3.63. The maximum atomic E-state index is 13.0. The predicted octanol–water partition coefficient (Wildman–Crippen LogP) is 5.00. The number of nitrogens with zero attached hydrogens (tertiary/aromatic N) is 2. The van der Waals surface area contributed by atoms with Gasteiger partial charge in [0.2, 0.25) is 10.0 Å². The van der Waals surface area contributed by atoms with Crippen LogP contribution >= 0.6 is 11.3 Å². The largest absolute Gasteiger partial charge is 0.510 e. The molecule has 1 aliphatic heterocycles. The average Bonchev–Trinajstić information content (AvgIpc) is 3.43. The number of thiazole rings is 1. The summed E-state index contributed by atoms with van der Waals surface area (Å²) < 4.78 is 28.1. The maximum absolute atomic E-state index is 13.0. The van der Waals surface area contributed by atoms with Crippen molar-refractivity contribution in [2.75, 3.05) is 16.8 Å². The number of anilines is 2. The van der Waals surface area contributed by atoms with Crippen LogP contribution in [0.3, 0.4) is 0 Å². The molecular formula is C27H25N5O4S2. The third-order valence-corrected chi connectivity index (χ3v) is 8.57. The molecule has 11 heteroatoms. The molecule has 1 aliphatic rings. The first-order chi connectivity index (χ1) is 18.1. The van der Waals surface area contributed by atoms with E-state index in [4.69, 9.17) is 5.41 Å². The number of hydrogen-bond acceptors (Lipinski definition) is 7. The third-order valence-electron chi connectivity index (χ3n) is 5.84. The second-order valence-corrected chi connectivity index (χ2v) is 11.8. The van der Waals surface area contributed by atoms with Gasteiger partial charge >= 0.3 is 0 Å². The quantitative estimate of drug-likeness (QED) is 0.257. The van der Waals surface area contributed by atoms with Crippen LogP contribution in [-0.2, 0) is 10.0 Å². The first-order valence-electron chi connectivity index (χ1n) is 11.8. The van der Waals surface area contributed by atoms with Gasteiger partial charge in [-0.05, 0) is 68.4 Å². The van der Waals surface area contributed by atoms with Crippen molar-refractivity contribution >= 4 is 60.3 Å². The van der Waals surface area contributed by atoms with Gasteiger partial charge in [-0.25, -0.2) is 18.1 Å². The fraction of sp³-hybridized carbons (Fsp3) is 0.148. The molecule has 0 spiro atoms. The Morgan fingerprint density at radius 3 is 2.53 bits per heavy atom. The number of benzene rings is 3. The molecule has 4 aromatic rings. The summed E-state index contributed by atoms with van der Waals surface area (Å²) >= 11 is 1.41. The molecule has 0 unspecified atom stereocenters. The van der Waals surface area contributed by atoms with Gasteiger partial charge in [-0.1, -0.05) is 18.2 Å². The average molecular weight is 548 g/mol. The summed E-state index contributed by atoms with van der Waals surface area (Å²) in [5, 5.41) is 22.8. The Hall–Kier alpha value is -4.06. The SMILES string of the molecule is CC(C)NS(=O)(=O)c1ccc(NC(=O)c2cccc(N3CC(O)=C(c4nc5ccccc5s4)C3=N)c2)cc1. The van der Waals surface area contributed by atoms with Crippen molar-refractivity contribution in [2.45, 2.75) is 24.8 Å². The van der Waals surface area contributed by atoms with E-state index >= 15 is 0 Å². The van der Waals surface area contributed by atoms with E-state index < -0.39 is 15.9 Å². The summed E-state index contributed by atoms with van der Waals surface area (Å²) in [6.45, 7) is 3.57. The molecule has 2 heterocycles. The first-order valence-corrected chi connectivity index (χ1v) is 14.1. The van der Waals surface area contributed by atoms with Crippen LogP contribution in [0, 0.1) is 5.41 Å². The number of sulfonamides is 1. The Bertz CT molecular complexity index is 1660. The number of nitrogens with one attached hydrogen (secondary N) is 3. The molecule has 0 saturated heterocycles. The van der Waals surface area contributed by atoms with Gasteiger partial charge in [0.1, 0.15) is 16.6 Å². The molecule has 0 radical (unpaired) electrons. The van der Waals surface area contributed by atoms with Crippen molar-refractivity contribution in [3.05, 3.63) is 89.1 Å². The van der Waals surface area contributed by atoms with Crippen LogP contribution in [0.2, 0.25) is 0 Å². The molecule has 3 aromatic carbocycles. The molecule has 0 saturated carbocycles. The van der Waals surface area contributed by atoms with Gasteiger partial charge in [-0.15, -0.1) is 11.3 Å². The summed E-state index contributed by atoms with van der Waals surface area (Å²) in [4.78, 5) is 19.3. The molecule has 0 fully saturated rings. The highest BCUT2D eigenvalue weighted by atomic mass is 32.2. The van der Waals surface area contributed by atoms with E-state index in [-0.39, 0.29) is 29.1 Å². The molecule has 0 atom stereocenters. The fourth-order valence-electron chi connectivity index (χ4n) is 4.12. The summed E-state index contributed by atoms with van der Waals surface area (Å²) in [5.41, 5.74) is 2.55. The van der Waals surface area contributed by atoms with Gasteiger partial charge in [0.05, 0.1) is 27.2 Å². The molecule has 1 amide bonds. The highest BCUT2D eigenvalue weighted by molar-refractivity contribution is 7.89. The Morgan fingerprint density at radius 1 is 1.08 bits per heavy atom. The standard InChI is InChI=1S/C27H25N5O4S2/c1-16(2)31-38(35,36)20-12-10-18(11-13-20)29-26(34)17-6-5-7-19(14-17)32-15-22(33)24(25(32)28)27-30-21-8-3-4-9-23(21)37-27/h3-14,16,28,31,33H,15H2,1-2H3,(H,29,34). The number of rotatable bonds is 7. The number of carbonyl (C=O) groups excluding carboxylic acids is 1. The summed E-state index contributed by atoms with van der Waals surface area (Å²) in [7, 11) is -3.63. The number of aromatic nitrogens is 1. The van der Waals surface area contributed by atoms with E-state index in [9.17, 15) is 18.3 Å². The summed E-state index contributed by atoms with van der Waals surface area (Å²) in [6.07, 6.45) is 0. The summed E-state index contributed by atoms with van der Waals surface area (Å²) in [6, 6.07) is 20.1. The third kappa shape index (κ3) is 5.03. The van der Waals surface area contributed by atoms with E-state index in [2.05, 4.69) is 15.0 Å².